The van der Waals surface area contributed by atoms with Crippen molar-refractivity contribution >= 4 is 60.7 Å². The average molecular weight is 493 g/mol. The summed E-state index contributed by atoms with van der Waals surface area (Å²) in [6.07, 6.45) is 0.384. The molecule has 1 aromatic carbocycles. The lowest BCUT2D eigenvalue weighted by molar-refractivity contribution is -0.121. The van der Waals surface area contributed by atoms with Crippen molar-refractivity contribution in [3.05, 3.63) is 47.5 Å². The number of carbonyl (C=O) groups is 1. The Morgan fingerprint density at radius 1 is 1.34 bits per heavy atom. The fourth-order valence-corrected chi connectivity index (χ4v) is 6.89. The number of aliphatic imine (C=N–C) groups is 1. The van der Waals surface area contributed by atoms with Gasteiger partial charge in [0, 0.05) is 37.8 Å². The molecule has 3 aromatic rings. The smallest absolute Gasteiger partial charge is 0.273 e. The summed E-state index contributed by atoms with van der Waals surface area (Å²) in [4.78, 5) is 20.0. The first-order valence-corrected chi connectivity index (χ1v) is 13.2. The highest BCUT2D eigenvalue weighted by atomic mass is 32.2. The van der Waals surface area contributed by atoms with Crippen LogP contribution in [0.1, 0.15) is 12.1 Å². The fraction of sp³-hybridized carbons (Fsp3) is 0.333. The number of fused-ring (bicyclic) bond motifs is 1. The van der Waals surface area contributed by atoms with Crippen LogP contribution < -0.4 is 9.62 Å². The van der Waals surface area contributed by atoms with Gasteiger partial charge in [0.15, 0.2) is 0 Å². The van der Waals surface area contributed by atoms with Gasteiger partial charge in [0.05, 0.1) is 30.0 Å². The maximum absolute atomic E-state index is 13.0. The third-order valence-electron chi connectivity index (χ3n) is 5.07. The van der Waals surface area contributed by atoms with E-state index in [1.54, 1.807) is 49.5 Å². The summed E-state index contributed by atoms with van der Waals surface area (Å²) < 4.78 is 32.5. The second-order valence-electron chi connectivity index (χ2n) is 7.26. The van der Waals surface area contributed by atoms with E-state index < -0.39 is 10.0 Å². The van der Waals surface area contributed by atoms with Gasteiger partial charge >= 0.3 is 0 Å². The number of hydrogen-bond acceptors (Lipinski definition) is 7. The Labute approximate surface area is 195 Å². The van der Waals surface area contributed by atoms with Crippen molar-refractivity contribution in [3.63, 3.8) is 0 Å². The maximum Gasteiger partial charge on any atom is 0.273 e. The molecule has 1 atom stereocenters. The van der Waals surface area contributed by atoms with Gasteiger partial charge in [-0.3, -0.25) is 14.1 Å². The lowest BCUT2D eigenvalue weighted by Gasteiger charge is -2.19. The van der Waals surface area contributed by atoms with E-state index in [1.807, 2.05) is 18.2 Å². The number of hydrogen-bond donors (Lipinski definition) is 2. The van der Waals surface area contributed by atoms with E-state index in [1.165, 1.54) is 15.6 Å². The topological polar surface area (TPSA) is 104 Å². The van der Waals surface area contributed by atoms with E-state index in [0.29, 0.717) is 36.0 Å². The molecule has 1 aliphatic rings. The Balaban J connectivity index is 1.51. The highest BCUT2D eigenvalue weighted by Gasteiger charge is 2.27. The van der Waals surface area contributed by atoms with Gasteiger partial charge in [-0.25, -0.2) is 8.42 Å². The predicted molar refractivity (Wildman–Crippen MR) is 130 cm³/mol. The van der Waals surface area contributed by atoms with Crippen molar-refractivity contribution in [1.29, 1.82) is 0 Å². The molecule has 0 radical (unpaired) electrons. The lowest BCUT2D eigenvalue weighted by atomic mass is 10.2. The maximum atomic E-state index is 13.0. The molecule has 3 heterocycles. The number of amides is 1. The molecule has 1 aliphatic heterocycles. The number of benzene rings is 1. The second kappa shape index (κ2) is 9.65. The van der Waals surface area contributed by atoms with Gasteiger partial charge in [-0.2, -0.15) is 0 Å². The van der Waals surface area contributed by atoms with Crippen molar-refractivity contribution < 1.29 is 17.9 Å². The first kappa shape index (κ1) is 22.8. The van der Waals surface area contributed by atoms with Gasteiger partial charge in [-0.1, -0.05) is 30.0 Å². The van der Waals surface area contributed by atoms with Crippen molar-refractivity contribution in [2.24, 2.45) is 4.99 Å². The zero-order valence-corrected chi connectivity index (χ0v) is 20.1. The van der Waals surface area contributed by atoms with Gasteiger partial charge < -0.3 is 15.0 Å². The van der Waals surface area contributed by atoms with Crippen LogP contribution in [0.2, 0.25) is 0 Å². The molecule has 1 amide bonds. The number of H-pyrrole nitrogens is 1. The van der Waals surface area contributed by atoms with Crippen LogP contribution >= 0.6 is 23.1 Å². The predicted octanol–water partition coefficient (Wildman–Crippen LogP) is 3.07. The number of sulfonamides is 1. The Hall–Kier alpha value is -2.34. The first-order valence-electron chi connectivity index (χ1n) is 10.0. The van der Waals surface area contributed by atoms with Crippen LogP contribution in [0, 0.1) is 0 Å². The summed E-state index contributed by atoms with van der Waals surface area (Å²) in [6.45, 7) is 1.54. The molecule has 170 valence electrons. The zero-order chi connectivity index (χ0) is 22.7. The zero-order valence-electron chi connectivity index (χ0n) is 17.7. The molecule has 2 N–H and O–H groups in total. The molecule has 11 heteroatoms. The summed E-state index contributed by atoms with van der Waals surface area (Å²) in [5.74, 6) is -0.0182. The molecule has 8 nitrogen and oxygen atoms in total. The number of anilines is 1. The third-order valence-corrected chi connectivity index (χ3v) is 9.44. The Morgan fingerprint density at radius 2 is 2.19 bits per heavy atom. The molecule has 0 fully saturated rings. The Morgan fingerprint density at radius 3 is 2.94 bits per heavy atom. The standard InChI is InChI=1S/C21H24N4O4S3/c1-25(32(27,28)19-7-4-10-30-19)17-6-3-5-14-11-16(24-20(14)17)21-23-13-15(31-21)12-18(26)22-8-9-29-2/h3-7,10-11,15,24H,8-9,12-13H2,1-2H3,(H,22,26). The summed E-state index contributed by atoms with van der Waals surface area (Å²) in [5, 5.41) is 6.37. The number of ether oxygens (including phenoxy) is 1. The molecule has 0 saturated heterocycles. The van der Waals surface area contributed by atoms with Crippen molar-refractivity contribution in [2.75, 3.05) is 38.2 Å². The summed E-state index contributed by atoms with van der Waals surface area (Å²) >= 11 is 2.75. The molecule has 0 saturated carbocycles. The molecule has 0 bridgehead atoms. The molecule has 0 aliphatic carbocycles. The van der Waals surface area contributed by atoms with Gasteiger partial charge in [0.2, 0.25) is 5.91 Å². The number of thiophene rings is 1. The highest BCUT2D eigenvalue weighted by molar-refractivity contribution is 8.15. The third kappa shape index (κ3) is 4.70. The van der Waals surface area contributed by atoms with E-state index >= 15 is 0 Å². The van der Waals surface area contributed by atoms with Crippen molar-refractivity contribution in [2.45, 2.75) is 15.9 Å². The number of carbonyl (C=O) groups excluding carboxylic acids is 1. The molecule has 32 heavy (non-hydrogen) atoms. The summed E-state index contributed by atoms with van der Waals surface area (Å²) in [6, 6.07) is 10.9. The summed E-state index contributed by atoms with van der Waals surface area (Å²) in [7, 11) is -0.482. The van der Waals surface area contributed by atoms with Gasteiger partial charge in [0.1, 0.15) is 9.25 Å². The average Bonchev–Trinajstić information content (AvgIpc) is 3.53. The van der Waals surface area contributed by atoms with Gasteiger partial charge in [-0.05, 0) is 23.6 Å². The van der Waals surface area contributed by atoms with E-state index in [9.17, 15) is 13.2 Å². The van der Waals surface area contributed by atoms with Gasteiger partial charge in [-0.15, -0.1) is 11.3 Å². The van der Waals surface area contributed by atoms with Crippen molar-refractivity contribution in [1.82, 2.24) is 10.3 Å². The van der Waals surface area contributed by atoms with E-state index in [0.717, 1.165) is 21.6 Å². The summed E-state index contributed by atoms with van der Waals surface area (Å²) in [5.41, 5.74) is 2.12. The molecule has 0 spiro atoms. The van der Waals surface area contributed by atoms with E-state index in [4.69, 9.17) is 4.74 Å². The minimum atomic E-state index is -3.64. The molecule has 1 unspecified atom stereocenters. The van der Waals surface area contributed by atoms with Crippen LogP contribution in [0.5, 0.6) is 0 Å². The Kier molecular flexibility index (Phi) is 6.89. The highest BCUT2D eigenvalue weighted by Crippen LogP contribution is 2.34. The monoisotopic (exact) mass is 492 g/mol. The van der Waals surface area contributed by atoms with Crippen LogP contribution in [0.25, 0.3) is 10.9 Å². The largest absolute Gasteiger partial charge is 0.383 e. The number of nitrogens with zero attached hydrogens (tertiary/aromatic N) is 2. The number of aromatic amines is 1. The minimum absolute atomic E-state index is 0.0182. The number of nitrogens with one attached hydrogen (secondary N) is 2. The van der Waals surface area contributed by atoms with Crippen LogP contribution in [-0.4, -0.2) is 63.5 Å². The quantitative estimate of drug-likeness (QED) is 0.447. The lowest BCUT2D eigenvalue weighted by Crippen LogP contribution is -2.29. The number of para-hydroxylation sites is 1. The number of thioether (sulfide) groups is 1. The fourth-order valence-electron chi connectivity index (χ4n) is 3.44. The van der Waals surface area contributed by atoms with E-state index in [-0.39, 0.29) is 11.2 Å². The molecule has 2 aromatic heterocycles. The molecular formula is C21H24N4O4S3. The van der Waals surface area contributed by atoms with E-state index in [2.05, 4.69) is 15.3 Å². The first-order chi connectivity index (χ1) is 15.4. The van der Waals surface area contributed by atoms with Crippen LogP contribution in [0.4, 0.5) is 5.69 Å². The van der Waals surface area contributed by atoms with Crippen LogP contribution in [-0.2, 0) is 19.6 Å². The normalized spacial score (nSPS) is 16.3. The number of methoxy groups -OCH3 is 1. The van der Waals surface area contributed by atoms with Crippen LogP contribution in [0.15, 0.2) is 51.0 Å². The second-order valence-corrected chi connectivity index (χ2v) is 11.7. The van der Waals surface area contributed by atoms with Crippen LogP contribution in [0.3, 0.4) is 0 Å². The Bertz CT molecular complexity index is 1240. The van der Waals surface area contributed by atoms with Crippen molar-refractivity contribution in [3.8, 4) is 0 Å². The minimum Gasteiger partial charge on any atom is -0.383 e. The number of rotatable bonds is 9. The number of aromatic nitrogens is 1. The SMILES string of the molecule is COCCNC(=O)CC1CN=C(c2cc3cccc(N(C)S(=O)(=O)c4cccs4)c3[nH]2)S1. The molecule has 4 rings (SSSR count). The molecular weight excluding hydrogens is 468 g/mol. The van der Waals surface area contributed by atoms with Gasteiger partial charge in [0.25, 0.3) is 10.0 Å².